The van der Waals surface area contributed by atoms with Gasteiger partial charge < -0.3 is 10.2 Å². The molecule has 0 aromatic heterocycles. The summed E-state index contributed by atoms with van der Waals surface area (Å²) < 4.78 is 0. The maximum Gasteiger partial charge on any atom is 0.261 e. The summed E-state index contributed by atoms with van der Waals surface area (Å²) >= 11 is 0. The summed E-state index contributed by atoms with van der Waals surface area (Å²) in [5, 5.41) is 3.32. The highest BCUT2D eigenvalue weighted by Crippen LogP contribution is 2.37. The quantitative estimate of drug-likeness (QED) is 0.349. The lowest BCUT2D eigenvalue weighted by atomic mass is 9.89. The van der Waals surface area contributed by atoms with E-state index < -0.39 is 12.0 Å². The van der Waals surface area contributed by atoms with Crippen molar-refractivity contribution in [2.45, 2.75) is 30.8 Å². The normalized spacial score (nSPS) is 18.1. The molecule has 1 aliphatic carbocycles. The van der Waals surface area contributed by atoms with Crippen molar-refractivity contribution >= 4 is 17.7 Å². The molecule has 4 aromatic rings. The van der Waals surface area contributed by atoms with Gasteiger partial charge >= 0.3 is 0 Å². The van der Waals surface area contributed by atoms with Gasteiger partial charge in [-0.1, -0.05) is 103 Å². The van der Waals surface area contributed by atoms with Gasteiger partial charge in [-0.05, 0) is 47.2 Å². The fraction of sp³-hybridized carbons (Fsp3) is 0.229. The minimum Gasteiger partial charge on any atom is -0.338 e. The predicted molar refractivity (Wildman–Crippen MR) is 158 cm³/mol. The number of hydrogen-bond acceptors (Lipinski definition) is 4. The molecule has 0 bridgehead atoms. The molecule has 0 spiro atoms. The zero-order valence-electron chi connectivity index (χ0n) is 22.9. The van der Waals surface area contributed by atoms with Gasteiger partial charge in [0.05, 0.1) is 12.0 Å². The molecule has 206 valence electrons. The second-order valence-corrected chi connectivity index (χ2v) is 10.7. The number of carbonyl (C=O) groups is 3. The number of benzene rings is 4. The Morgan fingerprint density at radius 3 is 2.00 bits per heavy atom. The maximum atomic E-state index is 14.3. The van der Waals surface area contributed by atoms with Gasteiger partial charge in [-0.3, -0.25) is 19.3 Å². The molecule has 1 fully saturated rings. The number of rotatable bonds is 6. The lowest BCUT2D eigenvalue weighted by Crippen LogP contribution is -2.60. The molecule has 2 unspecified atom stereocenters. The Bertz CT molecular complexity index is 1480. The van der Waals surface area contributed by atoms with Crippen molar-refractivity contribution in [1.82, 2.24) is 15.1 Å². The van der Waals surface area contributed by atoms with Crippen LogP contribution in [0.4, 0.5) is 0 Å². The average molecular weight is 544 g/mol. The predicted octanol–water partition coefficient (Wildman–Crippen LogP) is 4.98. The molecule has 6 nitrogen and oxygen atoms in total. The van der Waals surface area contributed by atoms with Crippen LogP contribution in [-0.4, -0.2) is 53.2 Å². The van der Waals surface area contributed by atoms with Crippen LogP contribution in [0.15, 0.2) is 115 Å². The summed E-state index contributed by atoms with van der Waals surface area (Å²) in [6.45, 7) is 1.14. The SMILES string of the molecule is O=C(C(c1ccccc1)c1ccccc1)N1CCNC(C(=O)N(C(=O)c2ccccc2)C2CCc3ccccc32)C1. The van der Waals surface area contributed by atoms with Crippen molar-refractivity contribution in [2.75, 3.05) is 19.6 Å². The fourth-order valence-corrected chi connectivity index (χ4v) is 6.15. The van der Waals surface area contributed by atoms with Gasteiger partial charge in [0, 0.05) is 25.2 Å². The van der Waals surface area contributed by atoms with E-state index in [9.17, 15) is 14.4 Å². The number of nitrogens with one attached hydrogen (secondary N) is 1. The van der Waals surface area contributed by atoms with Crippen molar-refractivity contribution < 1.29 is 14.4 Å². The largest absolute Gasteiger partial charge is 0.338 e. The van der Waals surface area contributed by atoms with Gasteiger partial charge in [-0.25, -0.2) is 0 Å². The Morgan fingerprint density at radius 2 is 1.34 bits per heavy atom. The maximum absolute atomic E-state index is 14.3. The molecule has 4 aromatic carbocycles. The zero-order valence-corrected chi connectivity index (χ0v) is 22.9. The number of carbonyl (C=O) groups excluding carboxylic acids is 3. The van der Waals surface area contributed by atoms with Crippen LogP contribution in [0.2, 0.25) is 0 Å². The molecular weight excluding hydrogens is 510 g/mol. The Labute approximate surface area is 240 Å². The molecule has 2 atom stereocenters. The van der Waals surface area contributed by atoms with Crippen molar-refractivity contribution in [2.24, 2.45) is 0 Å². The number of hydrogen-bond donors (Lipinski definition) is 1. The second kappa shape index (κ2) is 11.9. The van der Waals surface area contributed by atoms with E-state index in [1.165, 1.54) is 4.90 Å². The third-order valence-corrected chi connectivity index (χ3v) is 8.19. The number of nitrogens with zero attached hydrogens (tertiary/aromatic N) is 2. The van der Waals surface area contributed by atoms with E-state index in [4.69, 9.17) is 0 Å². The summed E-state index contributed by atoms with van der Waals surface area (Å²) in [7, 11) is 0. The number of aryl methyl sites for hydroxylation is 1. The molecule has 41 heavy (non-hydrogen) atoms. The summed E-state index contributed by atoms with van der Waals surface area (Å²) in [4.78, 5) is 45.5. The highest BCUT2D eigenvalue weighted by molar-refractivity contribution is 6.07. The number of piperazine rings is 1. The number of imide groups is 1. The van der Waals surface area contributed by atoms with Crippen molar-refractivity contribution in [3.8, 4) is 0 Å². The van der Waals surface area contributed by atoms with Gasteiger partial charge in [0.1, 0.15) is 6.04 Å². The molecule has 1 N–H and O–H groups in total. The average Bonchev–Trinajstić information content (AvgIpc) is 3.46. The van der Waals surface area contributed by atoms with Crippen molar-refractivity contribution in [3.05, 3.63) is 143 Å². The van der Waals surface area contributed by atoms with Crippen LogP contribution in [0.5, 0.6) is 0 Å². The van der Waals surface area contributed by atoms with Crippen LogP contribution in [0.3, 0.4) is 0 Å². The van der Waals surface area contributed by atoms with E-state index in [1.54, 1.807) is 17.0 Å². The van der Waals surface area contributed by atoms with E-state index in [0.29, 0.717) is 25.1 Å². The lowest BCUT2D eigenvalue weighted by Gasteiger charge is -2.38. The van der Waals surface area contributed by atoms with E-state index in [2.05, 4.69) is 11.4 Å². The van der Waals surface area contributed by atoms with Crippen molar-refractivity contribution in [3.63, 3.8) is 0 Å². The first kappa shape index (κ1) is 26.7. The van der Waals surface area contributed by atoms with Crippen LogP contribution < -0.4 is 5.32 Å². The number of amides is 3. The summed E-state index contributed by atoms with van der Waals surface area (Å²) in [5.41, 5.74) is 4.48. The Balaban J connectivity index is 1.30. The molecule has 1 heterocycles. The summed E-state index contributed by atoms with van der Waals surface area (Å²) in [6.07, 6.45) is 1.49. The van der Waals surface area contributed by atoms with E-state index in [1.807, 2.05) is 97.1 Å². The van der Waals surface area contributed by atoms with Gasteiger partial charge in [0.15, 0.2) is 0 Å². The van der Waals surface area contributed by atoms with Gasteiger partial charge in [-0.2, -0.15) is 0 Å². The monoisotopic (exact) mass is 543 g/mol. The van der Waals surface area contributed by atoms with Gasteiger partial charge in [0.25, 0.3) is 5.91 Å². The smallest absolute Gasteiger partial charge is 0.261 e. The zero-order chi connectivity index (χ0) is 28.2. The molecule has 1 aliphatic heterocycles. The fourth-order valence-electron chi connectivity index (χ4n) is 6.15. The molecule has 1 saturated heterocycles. The Morgan fingerprint density at radius 1 is 0.756 bits per heavy atom. The Kier molecular flexibility index (Phi) is 7.74. The third-order valence-electron chi connectivity index (χ3n) is 8.19. The third kappa shape index (κ3) is 5.43. The summed E-state index contributed by atoms with van der Waals surface area (Å²) in [5.74, 6) is -1.13. The molecule has 3 amide bonds. The topological polar surface area (TPSA) is 69.7 Å². The highest BCUT2D eigenvalue weighted by Gasteiger charge is 2.41. The van der Waals surface area contributed by atoms with E-state index in [0.717, 1.165) is 28.7 Å². The van der Waals surface area contributed by atoms with E-state index >= 15 is 0 Å². The lowest BCUT2D eigenvalue weighted by molar-refractivity contribution is -0.138. The molecule has 6 heteroatoms. The molecule has 2 aliphatic rings. The molecule has 6 rings (SSSR count). The van der Waals surface area contributed by atoms with Crippen molar-refractivity contribution in [1.29, 1.82) is 0 Å². The van der Waals surface area contributed by atoms with E-state index in [-0.39, 0.29) is 30.3 Å². The number of fused-ring (bicyclic) bond motifs is 1. The second-order valence-electron chi connectivity index (χ2n) is 10.7. The van der Waals surface area contributed by atoms with Gasteiger partial charge in [0.2, 0.25) is 11.8 Å². The first-order chi connectivity index (χ1) is 20.1. The molecule has 0 radical (unpaired) electrons. The van der Waals surface area contributed by atoms with Gasteiger partial charge in [-0.15, -0.1) is 0 Å². The minimum absolute atomic E-state index is 0.0474. The Hall–Kier alpha value is -4.55. The highest BCUT2D eigenvalue weighted by atomic mass is 16.2. The van der Waals surface area contributed by atoms with Crippen LogP contribution >= 0.6 is 0 Å². The van der Waals surface area contributed by atoms with Crippen LogP contribution in [0.1, 0.15) is 51.0 Å². The van der Waals surface area contributed by atoms with Crippen LogP contribution in [0.25, 0.3) is 0 Å². The van der Waals surface area contributed by atoms with Crippen LogP contribution in [-0.2, 0) is 16.0 Å². The molecule has 0 saturated carbocycles. The first-order valence-corrected chi connectivity index (χ1v) is 14.2. The standard InChI is InChI=1S/C35H33N3O3/c39-33(28-17-8-3-9-18-28)38(31-21-20-25-12-10-11-19-29(25)31)34(40)30-24-37(23-22-36-30)35(41)32(26-13-4-1-5-14-26)27-15-6-2-7-16-27/h1-19,30-32,36H,20-24H2. The summed E-state index contributed by atoms with van der Waals surface area (Å²) in [6, 6.07) is 35.5. The minimum atomic E-state index is -0.694. The molecular formula is C35H33N3O3. The van der Waals surface area contributed by atoms with Crippen LogP contribution in [0, 0.1) is 0 Å². The first-order valence-electron chi connectivity index (χ1n) is 14.2.